The van der Waals surface area contributed by atoms with Gasteiger partial charge >= 0.3 is 0 Å². The first kappa shape index (κ1) is 15.6. The van der Waals surface area contributed by atoms with Crippen molar-refractivity contribution in [1.29, 1.82) is 0 Å². The minimum Gasteiger partial charge on any atom is -0.497 e. The van der Waals surface area contributed by atoms with E-state index in [1.807, 2.05) is 24.4 Å². The van der Waals surface area contributed by atoms with Crippen LogP contribution in [0.15, 0.2) is 24.4 Å². The molecule has 21 heavy (non-hydrogen) atoms. The Balaban J connectivity index is 2.24. The largest absolute Gasteiger partial charge is 0.497 e. The molecule has 0 amide bonds. The zero-order valence-electron chi connectivity index (χ0n) is 13.4. The third-order valence-electron chi connectivity index (χ3n) is 3.91. The summed E-state index contributed by atoms with van der Waals surface area (Å²) in [5.74, 6) is 0.865. The monoisotopic (exact) mass is 287 g/mol. The second-order valence-corrected chi connectivity index (χ2v) is 5.15. The number of fused-ring (bicyclic) bond motifs is 1. The number of likely N-dealkylation sites (N-methyl/N-ethyl adjacent to an activating group) is 1. The Bertz CT molecular complexity index is 594. The minimum absolute atomic E-state index is 0.865. The fraction of sp³-hybridized carbons (Fsp3) is 0.471. The molecule has 0 aliphatic heterocycles. The Kier molecular flexibility index (Phi) is 5.39. The second kappa shape index (κ2) is 7.27. The average molecular weight is 287 g/mol. The van der Waals surface area contributed by atoms with Crippen LogP contribution in [0.1, 0.15) is 19.4 Å². The fourth-order valence-electron chi connectivity index (χ4n) is 2.50. The summed E-state index contributed by atoms with van der Waals surface area (Å²) in [7, 11) is 1.70. The van der Waals surface area contributed by atoms with E-state index >= 15 is 0 Å². The third-order valence-corrected chi connectivity index (χ3v) is 3.91. The highest BCUT2D eigenvalue weighted by molar-refractivity contribution is 5.93. The molecule has 2 aromatic rings. The molecule has 2 rings (SSSR count). The van der Waals surface area contributed by atoms with Crippen LogP contribution in [-0.4, -0.2) is 43.2 Å². The zero-order valence-corrected chi connectivity index (χ0v) is 13.4. The Morgan fingerprint density at radius 1 is 1.24 bits per heavy atom. The highest BCUT2D eigenvalue weighted by Crippen LogP contribution is 2.29. The van der Waals surface area contributed by atoms with Gasteiger partial charge in [0.2, 0.25) is 0 Å². The van der Waals surface area contributed by atoms with Crippen molar-refractivity contribution in [2.45, 2.75) is 20.8 Å². The molecule has 0 radical (unpaired) electrons. The van der Waals surface area contributed by atoms with Crippen molar-refractivity contribution in [3.63, 3.8) is 0 Å². The van der Waals surface area contributed by atoms with Crippen LogP contribution in [-0.2, 0) is 0 Å². The van der Waals surface area contributed by atoms with Gasteiger partial charge in [-0.3, -0.25) is 4.98 Å². The molecule has 1 aromatic carbocycles. The quantitative estimate of drug-likeness (QED) is 0.848. The van der Waals surface area contributed by atoms with Crippen LogP contribution in [0.2, 0.25) is 0 Å². The summed E-state index contributed by atoms with van der Waals surface area (Å²) < 4.78 is 5.41. The molecule has 0 saturated heterocycles. The summed E-state index contributed by atoms with van der Waals surface area (Å²) in [5, 5.41) is 4.65. The predicted octanol–water partition coefficient (Wildman–Crippen LogP) is 3.31. The molecule has 0 fully saturated rings. The molecule has 0 aliphatic carbocycles. The number of methoxy groups -OCH3 is 1. The molecular formula is C17H25N3O. The number of hydrogen-bond acceptors (Lipinski definition) is 4. The Morgan fingerprint density at radius 3 is 2.67 bits per heavy atom. The number of aromatic nitrogens is 1. The van der Waals surface area contributed by atoms with Crippen molar-refractivity contribution in [2.24, 2.45) is 0 Å². The molecule has 0 saturated carbocycles. The number of nitrogens with zero attached hydrogens (tertiary/aromatic N) is 2. The maximum Gasteiger partial charge on any atom is 0.121 e. The number of aryl methyl sites for hydroxylation is 1. The normalized spacial score (nSPS) is 11.1. The van der Waals surface area contributed by atoms with E-state index in [4.69, 9.17) is 4.74 Å². The fourth-order valence-corrected chi connectivity index (χ4v) is 2.50. The van der Waals surface area contributed by atoms with Crippen molar-refractivity contribution in [1.82, 2.24) is 9.88 Å². The van der Waals surface area contributed by atoms with Gasteiger partial charge in [-0.25, -0.2) is 0 Å². The van der Waals surface area contributed by atoms with Gasteiger partial charge in [0.1, 0.15) is 5.75 Å². The van der Waals surface area contributed by atoms with Crippen LogP contribution in [0.4, 0.5) is 5.69 Å². The van der Waals surface area contributed by atoms with Crippen molar-refractivity contribution in [3.8, 4) is 5.75 Å². The summed E-state index contributed by atoms with van der Waals surface area (Å²) in [6.07, 6.45) is 1.86. The number of rotatable bonds is 7. The molecule has 1 aromatic heterocycles. The smallest absolute Gasteiger partial charge is 0.121 e. The number of hydrogen-bond donors (Lipinski definition) is 1. The van der Waals surface area contributed by atoms with Gasteiger partial charge < -0.3 is 15.0 Å². The Hall–Kier alpha value is -1.81. The lowest BCUT2D eigenvalue weighted by Crippen LogP contribution is -2.28. The lowest BCUT2D eigenvalue weighted by Gasteiger charge is -2.19. The van der Waals surface area contributed by atoms with E-state index < -0.39 is 0 Å². The van der Waals surface area contributed by atoms with Crippen LogP contribution in [0.5, 0.6) is 5.75 Å². The molecule has 0 atom stereocenters. The minimum atomic E-state index is 0.865. The van der Waals surface area contributed by atoms with Crippen molar-refractivity contribution in [2.75, 3.05) is 38.6 Å². The predicted molar refractivity (Wildman–Crippen MR) is 89.3 cm³/mol. The van der Waals surface area contributed by atoms with E-state index in [0.717, 1.165) is 48.5 Å². The molecular weight excluding hydrogens is 262 g/mol. The summed E-state index contributed by atoms with van der Waals surface area (Å²) in [5.41, 5.74) is 3.27. The highest BCUT2D eigenvalue weighted by atomic mass is 16.5. The second-order valence-electron chi connectivity index (χ2n) is 5.15. The average Bonchev–Trinajstić information content (AvgIpc) is 2.52. The topological polar surface area (TPSA) is 37.4 Å². The van der Waals surface area contributed by atoms with E-state index in [0.29, 0.717) is 0 Å². The van der Waals surface area contributed by atoms with E-state index in [2.05, 4.69) is 36.0 Å². The number of benzene rings is 1. The number of nitrogens with one attached hydrogen (secondary N) is 1. The third kappa shape index (κ3) is 3.64. The lowest BCUT2D eigenvalue weighted by atomic mass is 10.1. The van der Waals surface area contributed by atoms with E-state index in [1.165, 1.54) is 5.56 Å². The molecule has 4 heteroatoms. The molecule has 0 aliphatic rings. The van der Waals surface area contributed by atoms with Crippen LogP contribution < -0.4 is 10.1 Å². The molecule has 0 bridgehead atoms. The molecule has 114 valence electrons. The van der Waals surface area contributed by atoms with E-state index in [1.54, 1.807) is 7.11 Å². The summed E-state index contributed by atoms with van der Waals surface area (Å²) in [6, 6.07) is 6.10. The van der Waals surface area contributed by atoms with Gasteiger partial charge in [0.15, 0.2) is 0 Å². The Morgan fingerprint density at radius 2 is 2.00 bits per heavy atom. The maximum atomic E-state index is 5.41. The SMILES string of the molecule is CCN(CC)CCNc1cc(OC)cc2c(C)ccnc12. The molecule has 4 nitrogen and oxygen atoms in total. The maximum absolute atomic E-state index is 5.41. The van der Waals surface area contributed by atoms with Gasteiger partial charge in [0.05, 0.1) is 18.3 Å². The first-order valence-corrected chi connectivity index (χ1v) is 7.59. The Labute approximate surface area is 127 Å². The van der Waals surface area contributed by atoms with Crippen molar-refractivity contribution < 1.29 is 4.74 Å². The highest BCUT2D eigenvalue weighted by Gasteiger charge is 2.08. The first-order chi connectivity index (χ1) is 10.2. The van der Waals surface area contributed by atoms with Crippen molar-refractivity contribution >= 4 is 16.6 Å². The van der Waals surface area contributed by atoms with Gasteiger partial charge in [-0.1, -0.05) is 13.8 Å². The zero-order chi connectivity index (χ0) is 15.2. The molecule has 0 spiro atoms. The van der Waals surface area contributed by atoms with E-state index in [9.17, 15) is 0 Å². The molecule has 1 N–H and O–H groups in total. The van der Waals surface area contributed by atoms with Gasteiger partial charge in [0, 0.05) is 30.7 Å². The van der Waals surface area contributed by atoms with Gasteiger partial charge in [-0.15, -0.1) is 0 Å². The number of anilines is 1. The van der Waals surface area contributed by atoms with Crippen LogP contribution >= 0.6 is 0 Å². The standard InChI is InChI=1S/C17H25N3O/c1-5-20(6-2)10-9-18-16-12-14(21-4)11-15-13(3)7-8-19-17(15)16/h7-8,11-12,18H,5-6,9-10H2,1-4H3. The number of ether oxygens (including phenoxy) is 1. The first-order valence-electron chi connectivity index (χ1n) is 7.59. The van der Waals surface area contributed by atoms with Gasteiger partial charge in [-0.2, -0.15) is 0 Å². The molecule has 1 heterocycles. The van der Waals surface area contributed by atoms with E-state index in [-0.39, 0.29) is 0 Å². The molecule has 0 unspecified atom stereocenters. The number of pyridine rings is 1. The van der Waals surface area contributed by atoms with Crippen LogP contribution in [0.3, 0.4) is 0 Å². The summed E-state index contributed by atoms with van der Waals surface area (Å²) >= 11 is 0. The van der Waals surface area contributed by atoms with Crippen molar-refractivity contribution in [3.05, 3.63) is 30.0 Å². The van der Waals surface area contributed by atoms with Crippen LogP contribution in [0.25, 0.3) is 10.9 Å². The van der Waals surface area contributed by atoms with Crippen LogP contribution in [0, 0.1) is 6.92 Å². The summed E-state index contributed by atoms with van der Waals surface area (Å²) in [6.45, 7) is 10.6. The van der Waals surface area contributed by atoms with Gasteiger partial charge in [-0.05, 0) is 37.7 Å². The lowest BCUT2D eigenvalue weighted by molar-refractivity contribution is 0.316. The van der Waals surface area contributed by atoms with Gasteiger partial charge in [0.25, 0.3) is 0 Å². The summed E-state index contributed by atoms with van der Waals surface area (Å²) in [4.78, 5) is 6.92.